The Morgan fingerprint density at radius 3 is 2.58 bits per heavy atom. The van der Waals surface area contributed by atoms with E-state index in [9.17, 15) is 4.79 Å². The second-order valence-electron chi connectivity index (χ2n) is 8.12. The predicted octanol–water partition coefficient (Wildman–Crippen LogP) is 3.90. The molecule has 0 atom stereocenters. The lowest BCUT2D eigenvalue weighted by molar-refractivity contribution is 0.0383. The van der Waals surface area contributed by atoms with Crippen LogP contribution in [0.15, 0.2) is 48.5 Å². The third-order valence-electron chi connectivity index (χ3n) is 6.06. The molecule has 0 aliphatic carbocycles. The normalized spacial score (nSPS) is 15.6. The summed E-state index contributed by atoms with van der Waals surface area (Å²) in [5.74, 6) is 1.33. The quantitative estimate of drug-likeness (QED) is 0.595. The highest BCUT2D eigenvalue weighted by Gasteiger charge is 2.22. The second kappa shape index (κ2) is 9.47. The topological polar surface area (TPSA) is 65.0 Å². The highest BCUT2D eigenvalue weighted by molar-refractivity contribution is 6.30. The third kappa shape index (κ3) is 4.57. The third-order valence-corrected chi connectivity index (χ3v) is 6.32. The number of aromatic nitrogens is 1. The van der Waals surface area contributed by atoms with Crippen LogP contribution >= 0.6 is 11.6 Å². The van der Waals surface area contributed by atoms with Gasteiger partial charge in [-0.2, -0.15) is 0 Å². The molecule has 1 N–H and O–H groups in total. The monoisotopic (exact) mass is 467 g/mol. The van der Waals surface area contributed by atoms with E-state index in [1.54, 1.807) is 0 Å². The number of hydrogen-bond donors (Lipinski definition) is 1. The molecule has 0 radical (unpaired) electrons. The minimum atomic E-state index is -0.0875. The van der Waals surface area contributed by atoms with Crippen molar-refractivity contribution in [2.75, 3.05) is 46.2 Å². The standard InChI is InChI=1S/C25H26ClN3O4/c1-17-21(25(30)27-8-9-28-10-12-31-13-11-28)15-22(18-2-4-19(26)5-3-18)29(17)20-6-7-23-24(14-20)33-16-32-23/h2-7,14-15H,8-13,16H2,1H3,(H,27,30). The van der Waals surface area contributed by atoms with Gasteiger partial charge in [-0.1, -0.05) is 23.7 Å². The van der Waals surface area contributed by atoms with Gasteiger partial charge in [-0.15, -0.1) is 0 Å². The first kappa shape index (κ1) is 21.8. The van der Waals surface area contributed by atoms with Crippen molar-refractivity contribution in [1.29, 1.82) is 0 Å². The van der Waals surface area contributed by atoms with Crippen LogP contribution in [0.5, 0.6) is 11.5 Å². The van der Waals surface area contributed by atoms with Gasteiger partial charge in [0.2, 0.25) is 6.79 Å². The summed E-state index contributed by atoms with van der Waals surface area (Å²) in [5, 5.41) is 3.75. The van der Waals surface area contributed by atoms with Gasteiger partial charge in [0.05, 0.1) is 24.5 Å². The van der Waals surface area contributed by atoms with Crippen LogP contribution in [0.3, 0.4) is 0 Å². The Morgan fingerprint density at radius 1 is 1.03 bits per heavy atom. The van der Waals surface area contributed by atoms with Crippen molar-refractivity contribution < 1.29 is 19.0 Å². The number of ether oxygens (including phenoxy) is 3. The average molecular weight is 468 g/mol. The Hall–Kier alpha value is -3.00. The number of carbonyl (C=O) groups is 1. The molecule has 2 aliphatic rings. The molecule has 3 aromatic rings. The van der Waals surface area contributed by atoms with Crippen LogP contribution in [0.2, 0.25) is 5.02 Å². The molecule has 5 rings (SSSR count). The van der Waals surface area contributed by atoms with Crippen molar-refractivity contribution in [2.24, 2.45) is 0 Å². The van der Waals surface area contributed by atoms with E-state index in [0.29, 0.717) is 22.9 Å². The molecule has 2 aromatic carbocycles. The van der Waals surface area contributed by atoms with Crippen LogP contribution in [-0.4, -0.2) is 61.6 Å². The van der Waals surface area contributed by atoms with E-state index in [1.165, 1.54) is 0 Å². The van der Waals surface area contributed by atoms with Crippen LogP contribution in [0.1, 0.15) is 16.1 Å². The fourth-order valence-corrected chi connectivity index (χ4v) is 4.40. The fraction of sp³-hybridized carbons (Fsp3) is 0.320. The summed E-state index contributed by atoms with van der Waals surface area (Å²) in [6.45, 7) is 6.86. The Morgan fingerprint density at radius 2 is 1.79 bits per heavy atom. The smallest absolute Gasteiger partial charge is 0.253 e. The largest absolute Gasteiger partial charge is 0.454 e. The van der Waals surface area contributed by atoms with Gasteiger partial charge in [0, 0.05) is 48.6 Å². The minimum absolute atomic E-state index is 0.0875. The molecule has 7 nitrogen and oxygen atoms in total. The summed E-state index contributed by atoms with van der Waals surface area (Å²) in [5.41, 5.74) is 4.25. The predicted molar refractivity (Wildman–Crippen MR) is 127 cm³/mol. The number of nitrogens with zero attached hydrogens (tertiary/aromatic N) is 2. The van der Waals surface area contributed by atoms with Gasteiger partial charge in [-0.25, -0.2) is 0 Å². The lowest BCUT2D eigenvalue weighted by Gasteiger charge is -2.26. The van der Waals surface area contributed by atoms with Gasteiger partial charge in [0.1, 0.15) is 0 Å². The van der Waals surface area contributed by atoms with Crippen LogP contribution < -0.4 is 14.8 Å². The van der Waals surface area contributed by atoms with Gasteiger partial charge in [-0.05, 0) is 42.8 Å². The van der Waals surface area contributed by atoms with Gasteiger partial charge in [-0.3, -0.25) is 9.69 Å². The van der Waals surface area contributed by atoms with E-state index in [2.05, 4.69) is 14.8 Å². The molecule has 0 spiro atoms. The highest BCUT2D eigenvalue weighted by Crippen LogP contribution is 2.37. The van der Waals surface area contributed by atoms with Crippen molar-refractivity contribution >= 4 is 17.5 Å². The van der Waals surface area contributed by atoms with E-state index in [0.717, 1.165) is 61.2 Å². The average Bonchev–Trinajstić information content (AvgIpc) is 3.44. The molecule has 0 saturated carbocycles. The molecular weight excluding hydrogens is 442 g/mol. The molecule has 1 saturated heterocycles. The summed E-state index contributed by atoms with van der Waals surface area (Å²) in [7, 11) is 0. The number of amides is 1. The molecule has 172 valence electrons. The number of nitrogens with one attached hydrogen (secondary N) is 1. The number of benzene rings is 2. The van der Waals surface area contributed by atoms with E-state index in [-0.39, 0.29) is 12.7 Å². The molecule has 8 heteroatoms. The van der Waals surface area contributed by atoms with Crippen LogP contribution in [0.25, 0.3) is 16.9 Å². The molecule has 0 unspecified atom stereocenters. The first-order valence-electron chi connectivity index (χ1n) is 11.1. The lowest BCUT2D eigenvalue weighted by Crippen LogP contribution is -2.41. The van der Waals surface area contributed by atoms with Crippen LogP contribution in [0, 0.1) is 6.92 Å². The summed E-state index contributed by atoms with van der Waals surface area (Å²) >= 11 is 6.11. The molecule has 0 bridgehead atoms. The first-order valence-corrected chi connectivity index (χ1v) is 11.4. The molecule has 2 aliphatic heterocycles. The van der Waals surface area contributed by atoms with Crippen molar-refractivity contribution in [1.82, 2.24) is 14.8 Å². The Bertz CT molecular complexity index is 1150. The molecule has 1 amide bonds. The summed E-state index contributed by atoms with van der Waals surface area (Å²) in [6.07, 6.45) is 0. The van der Waals surface area contributed by atoms with Crippen molar-refractivity contribution in [3.8, 4) is 28.4 Å². The number of morpholine rings is 1. The van der Waals surface area contributed by atoms with Crippen molar-refractivity contribution in [2.45, 2.75) is 6.92 Å². The van der Waals surface area contributed by atoms with Crippen LogP contribution in [0.4, 0.5) is 0 Å². The van der Waals surface area contributed by atoms with Gasteiger partial charge >= 0.3 is 0 Å². The maximum atomic E-state index is 13.1. The second-order valence-corrected chi connectivity index (χ2v) is 8.55. The van der Waals surface area contributed by atoms with E-state index < -0.39 is 0 Å². The summed E-state index contributed by atoms with van der Waals surface area (Å²) < 4.78 is 18.5. The Labute approximate surface area is 197 Å². The zero-order valence-electron chi connectivity index (χ0n) is 18.5. The minimum Gasteiger partial charge on any atom is -0.454 e. The number of hydrogen-bond acceptors (Lipinski definition) is 5. The zero-order valence-corrected chi connectivity index (χ0v) is 19.2. The van der Waals surface area contributed by atoms with E-state index >= 15 is 0 Å². The van der Waals surface area contributed by atoms with Gasteiger partial charge < -0.3 is 24.1 Å². The summed E-state index contributed by atoms with van der Waals surface area (Å²) in [6, 6.07) is 15.4. The molecule has 1 aromatic heterocycles. The Balaban J connectivity index is 1.45. The highest BCUT2D eigenvalue weighted by atomic mass is 35.5. The number of fused-ring (bicyclic) bond motifs is 1. The lowest BCUT2D eigenvalue weighted by atomic mass is 10.1. The van der Waals surface area contributed by atoms with E-state index in [1.807, 2.05) is 55.5 Å². The van der Waals surface area contributed by atoms with Crippen molar-refractivity contribution in [3.63, 3.8) is 0 Å². The molecular formula is C25H26ClN3O4. The maximum absolute atomic E-state index is 13.1. The van der Waals surface area contributed by atoms with Gasteiger partial charge in [0.15, 0.2) is 11.5 Å². The van der Waals surface area contributed by atoms with Gasteiger partial charge in [0.25, 0.3) is 5.91 Å². The Kier molecular flexibility index (Phi) is 6.26. The SMILES string of the molecule is Cc1c(C(=O)NCCN2CCOCC2)cc(-c2ccc(Cl)cc2)n1-c1ccc2c(c1)OCO2. The zero-order chi connectivity index (χ0) is 22.8. The maximum Gasteiger partial charge on any atom is 0.253 e. The first-order chi connectivity index (χ1) is 16.1. The fourth-order valence-electron chi connectivity index (χ4n) is 4.27. The number of halogens is 1. The van der Waals surface area contributed by atoms with E-state index in [4.69, 9.17) is 25.8 Å². The van der Waals surface area contributed by atoms with Crippen LogP contribution in [-0.2, 0) is 4.74 Å². The molecule has 1 fully saturated rings. The molecule has 3 heterocycles. The number of rotatable bonds is 6. The molecule has 33 heavy (non-hydrogen) atoms. The van der Waals surface area contributed by atoms with Crippen molar-refractivity contribution in [3.05, 3.63) is 64.8 Å². The summed E-state index contributed by atoms with van der Waals surface area (Å²) in [4.78, 5) is 15.4. The number of carbonyl (C=O) groups excluding carboxylic acids is 1.